The van der Waals surface area contributed by atoms with Crippen molar-refractivity contribution < 1.29 is 17.4 Å². The van der Waals surface area contributed by atoms with E-state index in [9.17, 15) is 13.2 Å². The second-order valence-corrected chi connectivity index (χ2v) is 4.78. The Labute approximate surface area is 106 Å². The van der Waals surface area contributed by atoms with Crippen molar-refractivity contribution in [2.45, 2.75) is 4.90 Å². The molecule has 0 aliphatic heterocycles. The lowest BCUT2D eigenvalue weighted by atomic mass is 10.4. The van der Waals surface area contributed by atoms with E-state index in [0.717, 1.165) is 6.08 Å². The third-order valence-corrected chi connectivity index (χ3v) is 3.18. The summed E-state index contributed by atoms with van der Waals surface area (Å²) >= 11 is 0. The smallest absolute Gasteiger partial charge is 0.297 e. The quantitative estimate of drug-likeness (QED) is 0.621. The summed E-state index contributed by atoms with van der Waals surface area (Å²) in [6.45, 7) is 3.11. The molecule has 0 saturated heterocycles. The van der Waals surface area contributed by atoms with Crippen molar-refractivity contribution in [2.24, 2.45) is 0 Å². The van der Waals surface area contributed by atoms with E-state index in [-0.39, 0.29) is 17.4 Å². The zero-order chi connectivity index (χ0) is 13.4. The molecule has 1 rings (SSSR count). The number of carbonyl (C=O) groups is 1. The average Bonchev–Trinajstić information content (AvgIpc) is 2.39. The Hall–Kier alpha value is -1.92. The van der Waals surface area contributed by atoms with Crippen molar-refractivity contribution in [3.63, 3.8) is 0 Å². The van der Waals surface area contributed by atoms with Crippen LogP contribution in [0, 0.1) is 0 Å². The monoisotopic (exact) mass is 267 g/mol. The molecule has 0 bridgehead atoms. The number of hydrogen-bond donors (Lipinski definition) is 1. The first kappa shape index (κ1) is 14.1. The lowest BCUT2D eigenvalue weighted by molar-refractivity contribution is -0.115. The van der Waals surface area contributed by atoms with E-state index in [1.807, 2.05) is 0 Å². The van der Waals surface area contributed by atoms with Gasteiger partial charge >= 0.3 is 0 Å². The molecule has 0 atom stereocenters. The van der Waals surface area contributed by atoms with Gasteiger partial charge in [0.05, 0.1) is 11.5 Å². The Morgan fingerprint density at radius 2 is 2.00 bits per heavy atom. The molecule has 6 heteroatoms. The van der Waals surface area contributed by atoms with Crippen LogP contribution >= 0.6 is 0 Å². The molecule has 0 spiro atoms. The molecule has 18 heavy (non-hydrogen) atoms. The Bertz CT molecular complexity index is 534. The molecule has 0 heterocycles. The van der Waals surface area contributed by atoms with Gasteiger partial charge in [0.1, 0.15) is 0 Å². The fourth-order valence-corrected chi connectivity index (χ4v) is 1.92. The second-order valence-electron chi connectivity index (χ2n) is 3.17. The third-order valence-electron chi connectivity index (χ3n) is 1.88. The zero-order valence-corrected chi connectivity index (χ0v) is 10.4. The molecule has 96 valence electrons. The molecule has 1 N–H and O–H groups in total. The Kier molecular flexibility index (Phi) is 5.29. The fourth-order valence-electron chi connectivity index (χ4n) is 1.03. The SMILES string of the molecule is C=CC(=O)NC=CCOS(=O)(=O)c1ccccc1. The maximum atomic E-state index is 11.6. The van der Waals surface area contributed by atoms with Gasteiger partial charge in [-0.1, -0.05) is 24.8 Å². The van der Waals surface area contributed by atoms with Crippen LogP contribution in [-0.4, -0.2) is 20.9 Å². The molecule has 0 saturated carbocycles. The average molecular weight is 267 g/mol. The number of rotatable bonds is 6. The minimum Gasteiger partial charge on any atom is -0.329 e. The summed E-state index contributed by atoms with van der Waals surface area (Å²) in [5, 5.41) is 2.35. The second kappa shape index (κ2) is 6.73. The van der Waals surface area contributed by atoms with E-state index in [1.165, 1.54) is 24.4 Å². The van der Waals surface area contributed by atoms with Crippen LogP contribution in [-0.2, 0) is 19.1 Å². The summed E-state index contributed by atoms with van der Waals surface area (Å²) in [7, 11) is -3.75. The maximum absolute atomic E-state index is 11.6. The molecule has 0 unspecified atom stereocenters. The van der Waals surface area contributed by atoms with Crippen LogP contribution in [0.1, 0.15) is 0 Å². The molecule has 1 aromatic carbocycles. The largest absolute Gasteiger partial charge is 0.329 e. The molecule has 0 aliphatic carbocycles. The predicted octanol–water partition coefficient (Wildman–Crippen LogP) is 1.21. The van der Waals surface area contributed by atoms with Gasteiger partial charge < -0.3 is 5.32 Å². The highest BCUT2D eigenvalue weighted by Crippen LogP contribution is 2.10. The number of hydrogen-bond acceptors (Lipinski definition) is 4. The summed E-state index contributed by atoms with van der Waals surface area (Å²) in [4.78, 5) is 10.8. The molecular weight excluding hydrogens is 254 g/mol. The van der Waals surface area contributed by atoms with E-state index in [1.54, 1.807) is 18.2 Å². The third kappa shape index (κ3) is 4.52. The Morgan fingerprint density at radius 1 is 1.33 bits per heavy atom. The van der Waals surface area contributed by atoms with E-state index >= 15 is 0 Å². The fraction of sp³-hybridized carbons (Fsp3) is 0.0833. The van der Waals surface area contributed by atoms with Gasteiger partial charge in [0.15, 0.2) is 0 Å². The minimum atomic E-state index is -3.75. The lowest BCUT2D eigenvalue weighted by Crippen LogP contribution is -2.13. The van der Waals surface area contributed by atoms with Gasteiger partial charge in [-0.05, 0) is 24.3 Å². The normalized spacial score (nSPS) is 11.3. The standard InChI is InChI=1S/C12H13NO4S/c1-2-12(14)13-9-6-10-17-18(15,16)11-7-4-3-5-8-11/h2-9H,1,10H2,(H,13,14). The van der Waals surface area contributed by atoms with Gasteiger partial charge in [-0.3, -0.25) is 8.98 Å². The van der Waals surface area contributed by atoms with E-state index in [2.05, 4.69) is 11.9 Å². The number of carbonyl (C=O) groups excluding carboxylic acids is 1. The van der Waals surface area contributed by atoms with Gasteiger partial charge in [-0.25, -0.2) is 0 Å². The van der Waals surface area contributed by atoms with Crippen molar-refractivity contribution in [1.82, 2.24) is 5.32 Å². The van der Waals surface area contributed by atoms with Crippen LogP contribution in [0.5, 0.6) is 0 Å². The summed E-state index contributed by atoms with van der Waals surface area (Å²) in [5.74, 6) is -0.378. The van der Waals surface area contributed by atoms with Crippen LogP contribution < -0.4 is 5.32 Å². The van der Waals surface area contributed by atoms with Gasteiger partial charge in [0, 0.05) is 6.20 Å². The highest BCUT2D eigenvalue weighted by atomic mass is 32.2. The van der Waals surface area contributed by atoms with Crippen LogP contribution in [0.3, 0.4) is 0 Å². The number of amides is 1. The first-order valence-electron chi connectivity index (χ1n) is 5.08. The molecular formula is C12H13NO4S. The van der Waals surface area contributed by atoms with Crippen molar-refractivity contribution in [1.29, 1.82) is 0 Å². The Balaban J connectivity index is 2.49. The first-order valence-corrected chi connectivity index (χ1v) is 6.49. The molecule has 0 fully saturated rings. The topological polar surface area (TPSA) is 72.5 Å². The molecule has 1 amide bonds. The van der Waals surface area contributed by atoms with Crippen LogP contribution in [0.15, 0.2) is 60.2 Å². The van der Waals surface area contributed by atoms with Crippen molar-refractivity contribution in [3.05, 3.63) is 55.3 Å². The van der Waals surface area contributed by atoms with Crippen molar-refractivity contribution in [3.8, 4) is 0 Å². The summed E-state index contributed by atoms with van der Waals surface area (Å²) in [6.07, 6.45) is 3.78. The highest BCUT2D eigenvalue weighted by Gasteiger charge is 2.12. The summed E-state index contributed by atoms with van der Waals surface area (Å²) < 4.78 is 28.0. The molecule has 1 aromatic rings. The van der Waals surface area contributed by atoms with Crippen molar-refractivity contribution in [2.75, 3.05) is 6.61 Å². The first-order chi connectivity index (χ1) is 8.56. The van der Waals surface area contributed by atoms with E-state index in [4.69, 9.17) is 4.18 Å². The van der Waals surface area contributed by atoms with Gasteiger partial charge in [0.2, 0.25) is 5.91 Å². The maximum Gasteiger partial charge on any atom is 0.297 e. The zero-order valence-electron chi connectivity index (χ0n) is 9.57. The van der Waals surface area contributed by atoms with Crippen molar-refractivity contribution >= 4 is 16.0 Å². The Morgan fingerprint density at radius 3 is 2.61 bits per heavy atom. The molecule has 0 radical (unpaired) electrons. The predicted molar refractivity (Wildman–Crippen MR) is 67.1 cm³/mol. The molecule has 0 aromatic heterocycles. The highest BCUT2D eigenvalue weighted by molar-refractivity contribution is 7.86. The summed E-state index contributed by atoms with van der Waals surface area (Å²) in [5.41, 5.74) is 0. The number of nitrogens with one attached hydrogen (secondary N) is 1. The van der Waals surface area contributed by atoms with Gasteiger partial charge in [-0.15, -0.1) is 0 Å². The minimum absolute atomic E-state index is 0.0912. The molecule has 0 aliphatic rings. The molecule has 5 nitrogen and oxygen atoms in total. The van der Waals surface area contributed by atoms with Crippen LogP contribution in [0.4, 0.5) is 0 Å². The van der Waals surface area contributed by atoms with E-state index in [0.29, 0.717) is 0 Å². The number of benzene rings is 1. The van der Waals surface area contributed by atoms with E-state index < -0.39 is 10.1 Å². The van der Waals surface area contributed by atoms with Gasteiger partial charge in [0.25, 0.3) is 10.1 Å². The summed E-state index contributed by atoms with van der Waals surface area (Å²) in [6, 6.07) is 7.81. The van der Waals surface area contributed by atoms with Gasteiger partial charge in [-0.2, -0.15) is 8.42 Å². The lowest BCUT2D eigenvalue weighted by Gasteiger charge is -2.02. The van der Waals surface area contributed by atoms with Crippen LogP contribution in [0.2, 0.25) is 0 Å². The van der Waals surface area contributed by atoms with Crippen LogP contribution in [0.25, 0.3) is 0 Å².